The minimum atomic E-state index is -0.667. The van der Waals surface area contributed by atoms with Crippen LogP contribution in [0.5, 0.6) is 0 Å². The molecule has 0 aromatic carbocycles. The van der Waals surface area contributed by atoms with Gasteiger partial charge in [-0.15, -0.1) is 0 Å². The van der Waals surface area contributed by atoms with E-state index in [1.165, 1.54) is 0 Å². The Hall–Kier alpha value is -0.670. The summed E-state index contributed by atoms with van der Waals surface area (Å²) < 4.78 is 0. The summed E-state index contributed by atoms with van der Waals surface area (Å²) in [6.45, 7) is 3.94. The first kappa shape index (κ1) is 14.4. The third kappa shape index (κ3) is 5.00. The molecule has 0 aromatic rings. The van der Waals surface area contributed by atoms with Crippen LogP contribution in [0.25, 0.3) is 0 Å². The van der Waals surface area contributed by atoms with Crippen molar-refractivity contribution < 1.29 is 15.0 Å². The molecule has 1 unspecified atom stereocenters. The molecule has 1 aliphatic carbocycles. The van der Waals surface area contributed by atoms with E-state index in [-0.39, 0.29) is 18.1 Å². The number of hydrogen-bond donors (Lipinski definition) is 2. The van der Waals surface area contributed by atoms with E-state index in [9.17, 15) is 15.0 Å². The fourth-order valence-corrected chi connectivity index (χ4v) is 2.22. The summed E-state index contributed by atoms with van der Waals surface area (Å²) in [5.74, 6) is 0.0781. The van der Waals surface area contributed by atoms with Crippen molar-refractivity contribution in [2.24, 2.45) is 5.92 Å². The van der Waals surface area contributed by atoms with Gasteiger partial charge in [-0.3, -0.25) is 4.79 Å². The van der Waals surface area contributed by atoms with Crippen molar-refractivity contribution in [3.8, 4) is 0 Å². The molecule has 0 radical (unpaired) electrons. The molecule has 3 nitrogen and oxygen atoms in total. The minimum Gasteiger partial charge on any atom is -0.392 e. The number of rotatable bonds is 6. The van der Waals surface area contributed by atoms with E-state index in [0.717, 1.165) is 19.3 Å². The fourth-order valence-electron chi connectivity index (χ4n) is 2.22. The van der Waals surface area contributed by atoms with Crippen molar-refractivity contribution in [1.82, 2.24) is 0 Å². The molecule has 0 aromatic heterocycles. The van der Waals surface area contributed by atoms with Crippen LogP contribution in [0.1, 0.15) is 52.4 Å². The topological polar surface area (TPSA) is 57.5 Å². The normalized spacial score (nSPS) is 28.8. The van der Waals surface area contributed by atoms with Crippen molar-refractivity contribution in [2.45, 2.75) is 64.1 Å². The number of carbonyl (C=O) groups excluding carboxylic acids is 1. The highest BCUT2D eigenvalue weighted by Crippen LogP contribution is 2.25. The molecule has 3 heteroatoms. The number of unbranched alkanes of at least 4 members (excludes halogenated alkanes) is 1. The zero-order chi connectivity index (χ0) is 12.9. The zero-order valence-electron chi connectivity index (χ0n) is 10.9. The lowest BCUT2D eigenvalue weighted by atomic mass is 9.94. The van der Waals surface area contributed by atoms with E-state index in [1.54, 1.807) is 0 Å². The van der Waals surface area contributed by atoms with E-state index in [4.69, 9.17) is 0 Å². The molecule has 17 heavy (non-hydrogen) atoms. The fraction of sp³-hybridized carbons (Fsp3) is 0.786. The molecule has 0 amide bonds. The number of carbonyl (C=O) groups is 1. The van der Waals surface area contributed by atoms with E-state index in [1.807, 2.05) is 19.1 Å². The molecule has 2 N–H and O–H groups in total. The van der Waals surface area contributed by atoms with Gasteiger partial charge in [0.15, 0.2) is 0 Å². The van der Waals surface area contributed by atoms with Crippen molar-refractivity contribution in [2.75, 3.05) is 0 Å². The van der Waals surface area contributed by atoms with Gasteiger partial charge in [0.05, 0.1) is 11.7 Å². The van der Waals surface area contributed by atoms with Gasteiger partial charge in [-0.05, 0) is 19.8 Å². The van der Waals surface area contributed by atoms with Crippen LogP contribution in [0.2, 0.25) is 0 Å². The quantitative estimate of drug-likeness (QED) is 0.700. The molecule has 0 bridgehead atoms. The number of ketones is 1. The maximum absolute atomic E-state index is 11.1. The maximum atomic E-state index is 11.1. The van der Waals surface area contributed by atoms with E-state index >= 15 is 0 Å². The average molecular weight is 240 g/mol. The van der Waals surface area contributed by atoms with Crippen LogP contribution in [0.3, 0.4) is 0 Å². The van der Waals surface area contributed by atoms with Gasteiger partial charge in [0, 0.05) is 18.8 Å². The largest absolute Gasteiger partial charge is 0.392 e. The van der Waals surface area contributed by atoms with Crippen LogP contribution in [0.15, 0.2) is 12.2 Å². The Kier molecular flexibility index (Phi) is 5.34. The predicted molar refractivity (Wildman–Crippen MR) is 67.6 cm³/mol. The number of aliphatic hydroxyl groups excluding tert-OH is 1. The molecule has 98 valence electrons. The standard InChI is InChI=1S/C14H24O3/c1-3-4-7-14(2,17)8-5-6-11-9-12(15)10-13(11)16/h5-6,11,13,16-17H,3-4,7-10H2,1-2H3/b6-5+/t11-,13+,14?/m1/s1. The Labute approximate surface area is 104 Å². The van der Waals surface area contributed by atoms with Gasteiger partial charge in [0.2, 0.25) is 0 Å². The minimum absolute atomic E-state index is 0.0514. The first-order valence-electron chi connectivity index (χ1n) is 6.53. The van der Waals surface area contributed by atoms with Gasteiger partial charge in [0.1, 0.15) is 5.78 Å². The first-order chi connectivity index (χ1) is 7.94. The highest BCUT2D eigenvalue weighted by Gasteiger charge is 2.29. The van der Waals surface area contributed by atoms with Gasteiger partial charge >= 0.3 is 0 Å². The Bertz CT molecular complexity index is 281. The molecule has 1 rings (SSSR count). The van der Waals surface area contributed by atoms with Crippen LogP contribution < -0.4 is 0 Å². The maximum Gasteiger partial charge on any atom is 0.136 e. The highest BCUT2D eigenvalue weighted by atomic mass is 16.3. The predicted octanol–water partition coefficient (Wildman–Crippen LogP) is 2.21. The molecule has 0 saturated heterocycles. The Morgan fingerprint density at radius 2 is 2.18 bits per heavy atom. The Morgan fingerprint density at radius 3 is 2.71 bits per heavy atom. The molecule has 1 fully saturated rings. The van der Waals surface area contributed by atoms with Gasteiger partial charge < -0.3 is 10.2 Å². The van der Waals surface area contributed by atoms with E-state index < -0.39 is 11.7 Å². The SMILES string of the molecule is CCCCC(C)(O)C/C=C/[C@@H]1CC(=O)C[C@@H]1O. The third-order valence-electron chi connectivity index (χ3n) is 3.40. The van der Waals surface area contributed by atoms with E-state index in [0.29, 0.717) is 12.8 Å². The lowest BCUT2D eigenvalue weighted by molar-refractivity contribution is -0.117. The van der Waals surface area contributed by atoms with Gasteiger partial charge in [-0.1, -0.05) is 31.9 Å². The number of Topliss-reactive ketones (excluding diaryl/α,β-unsaturated/α-hetero) is 1. The van der Waals surface area contributed by atoms with Crippen molar-refractivity contribution in [3.05, 3.63) is 12.2 Å². The molecule has 1 aliphatic rings. The van der Waals surface area contributed by atoms with Crippen LogP contribution in [-0.4, -0.2) is 27.7 Å². The smallest absolute Gasteiger partial charge is 0.136 e. The highest BCUT2D eigenvalue weighted by molar-refractivity contribution is 5.81. The van der Waals surface area contributed by atoms with Gasteiger partial charge in [-0.25, -0.2) is 0 Å². The third-order valence-corrected chi connectivity index (χ3v) is 3.40. The average Bonchev–Trinajstić information content (AvgIpc) is 2.55. The Balaban J connectivity index is 2.36. The monoisotopic (exact) mass is 240 g/mol. The lowest BCUT2D eigenvalue weighted by Crippen LogP contribution is -2.22. The van der Waals surface area contributed by atoms with E-state index in [2.05, 4.69) is 6.92 Å². The summed E-state index contributed by atoms with van der Waals surface area (Å²) in [6.07, 6.45) is 7.46. The summed E-state index contributed by atoms with van der Waals surface area (Å²) >= 11 is 0. The molecule has 1 saturated carbocycles. The summed E-state index contributed by atoms with van der Waals surface area (Å²) in [5, 5.41) is 19.7. The summed E-state index contributed by atoms with van der Waals surface area (Å²) in [7, 11) is 0. The second kappa shape index (κ2) is 6.31. The summed E-state index contributed by atoms with van der Waals surface area (Å²) in [4.78, 5) is 11.1. The number of aliphatic hydroxyl groups is 2. The second-order valence-corrected chi connectivity index (χ2v) is 5.41. The van der Waals surface area contributed by atoms with Crippen molar-refractivity contribution in [3.63, 3.8) is 0 Å². The summed E-state index contributed by atoms with van der Waals surface area (Å²) in [6, 6.07) is 0. The van der Waals surface area contributed by atoms with Crippen molar-refractivity contribution >= 4 is 5.78 Å². The second-order valence-electron chi connectivity index (χ2n) is 5.41. The summed E-state index contributed by atoms with van der Waals surface area (Å²) in [5.41, 5.74) is -0.667. The molecule has 3 atom stereocenters. The van der Waals surface area contributed by atoms with Gasteiger partial charge in [0.25, 0.3) is 0 Å². The van der Waals surface area contributed by atoms with Crippen LogP contribution >= 0.6 is 0 Å². The molecular formula is C14H24O3. The molecule has 0 aliphatic heterocycles. The number of hydrogen-bond acceptors (Lipinski definition) is 3. The molecule has 0 heterocycles. The zero-order valence-corrected chi connectivity index (χ0v) is 10.9. The van der Waals surface area contributed by atoms with Crippen molar-refractivity contribution in [1.29, 1.82) is 0 Å². The Morgan fingerprint density at radius 1 is 1.47 bits per heavy atom. The van der Waals surface area contributed by atoms with Crippen LogP contribution in [0, 0.1) is 5.92 Å². The van der Waals surface area contributed by atoms with Crippen LogP contribution in [-0.2, 0) is 4.79 Å². The lowest BCUT2D eigenvalue weighted by Gasteiger charge is -2.21. The van der Waals surface area contributed by atoms with Crippen LogP contribution in [0.4, 0.5) is 0 Å². The first-order valence-corrected chi connectivity index (χ1v) is 6.53. The van der Waals surface area contributed by atoms with Gasteiger partial charge in [-0.2, -0.15) is 0 Å². The molecule has 0 spiro atoms. The molecular weight excluding hydrogens is 216 g/mol.